The van der Waals surface area contributed by atoms with Crippen LogP contribution in [0.3, 0.4) is 0 Å². The first-order chi connectivity index (χ1) is 9.99. The Morgan fingerprint density at radius 3 is 2.24 bits per heavy atom. The Bertz CT molecular complexity index is 605. The summed E-state index contributed by atoms with van der Waals surface area (Å²) in [5.41, 5.74) is 1.84. The van der Waals surface area contributed by atoms with E-state index in [0.717, 1.165) is 11.6 Å². The van der Waals surface area contributed by atoms with Crippen LogP contribution in [-0.2, 0) is 6.42 Å². The minimum atomic E-state index is -0.621. The van der Waals surface area contributed by atoms with Gasteiger partial charge in [-0.3, -0.25) is 0 Å². The maximum Gasteiger partial charge on any atom is 0.128 e. The number of hydrogen-bond donors (Lipinski definition) is 1. The standard InChI is InChI=1S/C17H18F3N/c1-3-21-17(15-5-4-11(2)6-16(15)20)9-12-7-13(18)10-14(19)8-12/h4-8,10,17,21H,3,9H2,1-2H3. The molecule has 0 amide bonds. The Balaban J connectivity index is 2.30. The molecule has 2 aromatic rings. The highest BCUT2D eigenvalue weighted by Crippen LogP contribution is 2.23. The maximum absolute atomic E-state index is 14.1. The molecule has 0 heterocycles. The highest BCUT2D eigenvalue weighted by molar-refractivity contribution is 5.28. The second-order valence-corrected chi connectivity index (χ2v) is 5.12. The van der Waals surface area contributed by atoms with Gasteiger partial charge < -0.3 is 5.32 Å². The predicted octanol–water partition coefficient (Wildman–Crippen LogP) is 4.31. The van der Waals surface area contributed by atoms with Crippen molar-refractivity contribution in [3.8, 4) is 0 Å². The molecule has 1 unspecified atom stereocenters. The van der Waals surface area contributed by atoms with Crippen LogP contribution in [0.1, 0.15) is 29.7 Å². The summed E-state index contributed by atoms with van der Waals surface area (Å²) in [6, 6.07) is 8.07. The van der Waals surface area contributed by atoms with E-state index in [9.17, 15) is 13.2 Å². The molecule has 0 aliphatic heterocycles. The largest absolute Gasteiger partial charge is 0.310 e. The van der Waals surface area contributed by atoms with Crippen molar-refractivity contribution in [1.82, 2.24) is 5.32 Å². The third-order valence-corrected chi connectivity index (χ3v) is 3.34. The summed E-state index contributed by atoms with van der Waals surface area (Å²) < 4.78 is 40.6. The molecule has 1 atom stereocenters. The van der Waals surface area contributed by atoms with Crippen LogP contribution in [0, 0.1) is 24.4 Å². The number of aryl methyl sites for hydroxylation is 1. The van der Waals surface area contributed by atoms with E-state index < -0.39 is 11.6 Å². The lowest BCUT2D eigenvalue weighted by Gasteiger charge is -2.19. The van der Waals surface area contributed by atoms with Crippen LogP contribution in [0.15, 0.2) is 36.4 Å². The monoisotopic (exact) mass is 293 g/mol. The van der Waals surface area contributed by atoms with Gasteiger partial charge in [-0.05, 0) is 49.2 Å². The summed E-state index contributed by atoms with van der Waals surface area (Å²) >= 11 is 0. The van der Waals surface area contributed by atoms with Crippen LogP contribution < -0.4 is 5.32 Å². The van der Waals surface area contributed by atoms with Gasteiger partial charge in [0.1, 0.15) is 17.5 Å². The fourth-order valence-corrected chi connectivity index (χ4v) is 2.42. The molecular formula is C17H18F3N. The number of hydrogen-bond acceptors (Lipinski definition) is 1. The summed E-state index contributed by atoms with van der Waals surface area (Å²) in [7, 11) is 0. The molecular weight excluding hydrogens is 275 g/mol. The fraction of sp³-hybridized carbons (Fsp3) is 0.294. The molecule has 2 rings (SSSR count). The summed E-state index contributed by atoms with van der Waals surface area (Å²) in [4.78, 5) is 0. The van der Waals surface area contributed by atoms with Crippen molar-refractivity contribution < 1.29 is 13.2 Å². The van der Waals surface area contributed by atoms with Gasteiger partial charge in [-0.1, -0.05) is 19.1 Å². The van der Waals surface area contributed by atoms with Gasteiger partial charge in [-0.15, -0.1) is 0 Å². The van der Waals surface area contributed by atoms with Crippen LogP contribution in [0.2, 0.25) is 0 Å². The Kier molecular flexibility index (Phi) is 5.02. The lowest BCUT2D eigenvalue weighted by atomic mass is 9.97. The zero-order chi connectivity index (χ0) is 15.4. The van der Waals surface area contributed by atoms with Crippen LogP contribution in [0.25, 0.3) is 0 Å². The Labute approximate surface area is 122 Å². The summed E-state index contributed by atoms with van der Waals surface area (Å²) in [5.74, 6) is -1.55. The second kappa shape index (κ2) is 6.76. The van der Waals surface area contributed by atoms with Gasteiger partial charge in [-0.2, -0.15) is 0 Å². The summed E-state index contributed by atoms with van der Waals surface area (Å²) in [5, 5.41) is 3.16. The average molecular weight is 293 g/mol. The molecule has 0 bridgehead atoms. The highest BCUT2D eigenvalue weighted by atomic mass is 19.1. The van der Waals surface area contributed by atoms with Crippen LogP contribution in [0.4, 0.5) is 13.2 Å². The number of rotatable bonds is 5. The Hall–Kier alpha value is -1.81. The lowest BCUT2D eigenvalue weighted by molar-refractivity contribution is 0.505. The minimum absolute atomic E-state index is 0.308. The molecule has 2 aromatic carbocycles. The molecule has 4 heteroatoms. The predicted molar refractivity (Wildman–Crippen MR) is 77.6 cm³/mol. The third kappa shape index (κ3) is 4.08. The van der Waals surface area contributed by atoms with Crippen molar-refractivity contribution in [2.45, 2.75) is 26.3 Å². The normalized spacial score (nSPS) is 12.4. The smallest absolute Gasteiger partial charge is 0.128 e. The third-order valence-electron chi connectivity index (χ3n) is 3.34. The van der Waals surface area contributed by atoms with Gasteiger partial charge in [0.2, 0.25) is 0 Å². The number of halogens is 3. The zero-order valence-corrected chi connectivity index (χ0v) is 12.1. The van der Waals surface area contributed by atoms with Gasteiger partial charge in [0.15, 0.2) is 0 Å². The van der Waals surface area contributed by atoms with Gasteiger partial charge in [0.05, 0.1) is 0 Å². The first-order valence-electron chi connectivity index (χ1n) is 6.94. The molecule has 0 aliphatic rings. The van der Waals surface area contributed by atoms with Crippen molar-refractivity contribution in [2.75, 3.05) is 6.54 Å². The minimum Gasteiger partial charge on any atom is -0.310 e. The molecule has 0 aromatic heterocycles. The summed E-state index contributed by atoms with van der Waals surface area (Å²) in [6.45, 7) is 4.36. The molecule has 0 spiro atoms. The SMILES string of the molecule is CCNC(Cc1cc(F)cc(F)c1)c1ccc(C)cc1F. The van der Waals surface area contributed by atoms with E-state index >= 15 is 0 Å². The van der Waals surface area contributed by atoms with E-state index in [1.165, 1.54) is 18.2 Å². The number of nitrogens with one attached hydrogen (secondary N) is 1. The van der Waals surface area contributed by atoms with E-state index in [2.05, 4.69) is 5.32 Å². The van der Waals surface area contributed by atoms with Crippen molar-refractivity contribution >= 4 is 0 Å². The van der Waals surface area contributed by atoms with Crippen molar-refractivity contribution in [3.63, 3.8) is 0 Å². The number of likely N-dealkylation sites (N-methyl/N-ethyl adjacent to an activating group) is 1. The molecule has 0 saturated heterocycles. The van der Waals surface area contributed by atoms with Crippen LogP contribution in [-0.4, -0.2) is 6.54 Å². The Morgan fingerprint density at radius 2 is 1.67 bits per heavy atom. The van der Waals surface area contributed by atoms with E-state index in [0.29, 0.717) is 24.1 Å². The topological polar surface area (TPSA) is 12.0 Å². The quantitative estimate of drug-likeness (QED) is 0.866. The van der Waals surface area contributed by atoms with Gasteiger partial charge >= 0.3 is 0 Å². The molecule has 0 radical (unpaired) electrons. The van der Waals surface area contributed by atoms with E-state index in [4.69, 9.17) is 0 Å². The first kappa shape index (κ1) is 15.6. The van der Waals surface area contributed by atoms with Gasteiger partial charge in [-0.25, -0.2) is 13.2 Å². The average Bonchev–Trinajstić information content (AvgIpc) is 2.37. The van der Waals surface area contributed by atoms with Crippen LogP contribution in [0.5, 0.6) is 0 Å². The van der Waals surface area contributed by atoms with Gasteiger partial charge in [0, 0.05) is 17.7 Å². The zero-order valence-electron chi connectivity index (χ0n) is 12.1. The van der Waals surface area contributed by atoms with E-state index in [1.54, 1.807) is 6.07 Å². The molecule has 1 N–H and O–H groups in total. The van der Waals surface area contributed by atoms with E-state index in [-0.39, 0.29) is 11.9 Å². The first-order valence-corrected chi connectivity index (χ1v) is 6.94. The Morgan fingerprint density at radius 1 is 1.00 bits per heavy atom. The summed E-state index contributed by atoms with van der Waals surface area (Å²) in [6.07, 6.45) is 0.322. The molecule has 112 valence electrons. The molecule has 1 nitrogen and oxygen atoms in total. The van der Waals surface area contributed by atoms with Crippen molar-refractivity contribution in [2.24, 2.45) is 0 Å². The van der Waals surface area contributed by atoms with Gasteiger partial charge in [0.25, 0.3) is 0 Å². The number of benzene rings is 2. The molecule has 0 saturated carbocycles. The van der Waals surface area contributed by atoms with Crippen molar-refractivity contribution in [3.05, 3.63) is 70.5 Å². The molecule has 21 heavy (non-hydrogen) atoms. The molecule has 0 fully saturated rings. The fourth-order valence-electron chi connectivity index (χ4n) is 2.42. The maximum atomic E-state index is 14.1. The van der Waals surface area contributed by atoms with E-state index in [1.807, 2.05) is 19.9 Å². The van der Waals surface area contributed by atoms with Crippen LogP contribution >= 0.6 is 0 Å². The second-order valence-electron chi connectivity index (χ2n) is 5.12. The lowest BCUT2D eigenvalue weighted by Crippen LogP contribution is -2.24. The highest BCUT2D eigenvalue weighted by Gasteiger charge is 2.16. The van der Waals surface area contributed by atoms with Crippen molar-refractivity contribution in [1.29, 1.82) is 0 Å². The molecule has 0 aliphatic carbocycles.